The SMILES string of the molecule is COn1cc2cc(C(N)=O)ccc2n1. The highest BCUT2D eigenvalue weighted by Gasteiger charge is 2.04. The van der Waals surface area contributed by atoms with Crippen molar-refractivity contribution < 1.29 is 9.63 Å². The Morgan fingerprint density at radius 2 is 2.36 bits per heavy atom. The summed E-state index contributed by atoms with van der Waals surface area (Å²) in [5.74, 6) is -0.447. The molecule has 14 heavy (non-hydrogen) atoms. The second-order valence-corrected chi connectivity index (χ2v) is 2.85. The number of nitrogens with zero attached hydrogens (tertiary/aromatic N) is 2. The van der Waals surface area contributed by atoms with Crippen LogP contribution < -0.4 is 10.6 Å². The summed E-state index contributed by atoms with van der Waals surface area (Å²) in [5, 5.41) is 4.90. The van der Waals surface area contributed by atoms with Crippen molar-refractivity contribution in [1.82, 2.24) is 9.94 Å². The van der Waals surface area contributed by atoms with E-state index in [0.717, 1.165) is 10.9 Å². The summed E-state index contributed by atoms with van der Waals surface area (Å²) < 4.78 is 0. The quantitative estimate of drug-likeness (QED) is 0.736. The van der Waals surface area contributed by atoms with Gasteiger partial charge in [0.1, 0.15) is 7.11 Å². The minimum absolute atomic E-state index is 0.447. The van der Waals surface area contributed by atoms with Crippen molar-refractivity contribution in [3.8, 4) is 0 Å². The Kier molecular flexibility index (Phi) is 1.85. The second-order valence-electron chi connectivity index (χ2n) is 2.85. The zero-order chi connectivity index (χ0) is 10.1. The maximum absolute atomic E-state index is 10.9. The molecule has 2 N–H and O–H groups in total. The van der Waals surface area contributed by atoms with Gasteiger partial charge in [0.15, 0.2) is 0 Å². The van der Waals surface area contributed by atoms with Gasteiger partial charge in [0.2, 0.25) is 5.91 Å². The molecule has 1 amide bonds. The predicted octanol–water partition coefficient (Wildman–Crippen LogP) is 0.194. The number of primary amides is 1. The maximum Gasteiger partial charge on any atom is 0.248 e. The first kappa shape index (κ1) is 8.55. The molecule has 0 unspecified atom stereocenters. The van der Waals surface area contributed by atoms with Crippen molar-refractivity contribution >= 4 is 16.8 Å². The summed E-state index contributed by atoms with van der Waals surface area (Å²) in [6.45, 7) is 0. The number of rotatable bonds is 2. The first-order chi connectivity index (χ1) is 6.70. The number of hydrogen-bond acceptors (Lipinski definition) is 3. The smallest absolute Gasteiger partial charge is 0.248 e. The molecule has 0 radical (unpaired) electrons. The molecule has 5 nitrogen and oxygen atoms in total. The van der Waals surface area contributed by atoms with Gasteiger partial charge in [0, 0.05) is 10.9 Å². The van der Waals surface area contributed by atoms with Crippen LogP contribution in [0, 0.1) is 0 Å². The predicted molar refractivity (Wildman–Crippen MR) is 50.8 cm³/mol. The van der Waals surface area contributed by atoms with Gasteiger partial charge in [-0.15, -0.1) is 9.94 Å². The molecule has 0 spiro atoms. The third-order valence-corrected chi connectivity index (χ3v) is 1.95. The van der Waals surface area contributed by atoms with Crippen LogP contribution in [0.15, 0.2) is 24.4 Å². The van der Waals surface area contributed by atoms with Crippen molar-refractivity contribution in [2.24, 2.45) is 5.73 Å². The Balaban J connectivity index is 2.59. The monoisotopic (exact) mass is 191 g/mol. The molecular formula is C9H9N3O2. The second kappa shape index (κ2) is 3.02. The summed E-state index contributed by atoms with van der Waals surface area (Å²) >= 11 is 0. The summed E-state index contributed by atoms with van der Waals surface area (Å²) in [5.41, 5.74) is 6.37. The molecule has 0 fully saturated rings. The summed E-state index contributed by atoms with van der Waals surface area (Å²) in [7, 11) is 1.51. The van der Waals surface area contributed by atoms with E-state index >= 15 is 0 Å². The van der Waals surface area contributed by atoms with Crippen LogP contribution in [0.3, 0.4) is 0 Å². The highest BCUT2D eigenvalue weighted by molar-refractivity contribution is 5.96. The van der Waals surface area contributed by atoms with E-state index in [1.54, 1.807) is 24.4 Å². The third-order valence-electron chi connectivity index (χ3n) is 1.95. The van der Waals surface area contributed by atoms with E-state index in [1.807, 2.05) is 0 Å². The van der Waals surface area contributed by atoms with Gasteiger partial charge in [-0.25, -0.2) is 0 Å². The van der Waals surface area contributed by atoms with E-state index in [-0.39, 0.29) is 0 Å². The molecule has 5 heteroatoms. The summed E-state index contributed by atoms with van der Waals surface area (Å²) in [4.78, 5) is 17.1. The Morgan fingerprint density at radius 1 is 1.57 bits per heavy atom. The Bertz CT molecular complexity index is 490. The molecule has 0 bridgehead atoms. The number of hydrogen-bond donors (Lipinski definition) is 1. The molecule has 2 aromatic rings. The number of benzene rings is 1. The fourth-order valence-corrected chi connectivity index (χ4v) is 1.25. The topological polar surface area (TPSA) is 70.1 Å². The van der Waals surface area contributed by atoms with E-state index in [2.05, 4.69) is 5.10 Å². The fraction of sp³-hybridized carbons (Fsp3) is 0.111. The van der Waals surface area contributed by atoms with Gasteiger partial charge in [0.25, 0.3) is 0 Å². The van der Waals surface area contributed by atoms with E-state index < -0.39 is 5.91 Å². The standard InChI is InChI=1S/C9H9N3O2/c1-14-12-5-7-4-6(9(10)13)2-3-8(7)11-12/h2-5H,1H3,(H2,10,13). The number of carbonyl (C=O) groups is 1. The van der Waals surface area contributed by atoms with Gasteiger partial charge >= 0.3 is 0 Å². The Hall–Kier alpha value is -2.04. The third kappa shape index (κ3) is 1.28. The van der Waals surface area contributed by atoms with Gasteiger partial charge in [-0.2, -0.15) is 0 Å². The number of aromatic nitrogens is 2. The first-order valence-electron chi connectivity index (χ1n) is 4.04. The van der Waals surface area contributed by atoms with Crippen LogP contribution in [0.4, 0.5) is 0 Å². The van der Waals surface area contributed by atoms with Crippen LogP contribution in [0.5, 0.6) is 0 Å². The average Bonchev–Trinajstić information content (AvgIpc) is 2.58. The van der Waals surface area contributed by atoms with E-state index in [0.29, 0.717) is 5.56 Å². The van der Waals surface area contributed by atoms with Crippen LogP contribution in [-0.4, -0.2) is 23.0 Å². The Labute approximate surface area is 80.0 Å². The lowest BCUT2D eigenvalue weighted by molar-refractivity contribution is 0.100. The molecule has 1 heterocycles. The van der Waals surface area contributed by atoms with E-state index in [9.17, 15) is 4.79 Å². The molecule has 72 valence electrons. The fourth-order valence-electron chi connectivity index (χ4n) is 1.25. The molecule has 0 atom stereocenters. The van der Waals surface area contributed by atoms with Crippen LogP contribution in [0.2, 0.25) is 0 Å². The van der Waals surface area contributed by atoms with E-state index in [1.165, 1.54) is 12.0 Å². The maximum atomic E-state index is 10.9. The van der Waals surface area contributed by atoms with Crippen molar-refractivity contribution in [3.63, 3.8) is 0 Å². The molecule has 0 aliphatic carbocycles. The molecule has 2 rings (SSSR count). The number of fused-ring (bicyclic) bond motifs is 1. The number of carbonyl (C=O) groups excluding carboxylic acids is 1. The molecular weight excluding hydrogens is 182 g/mol. The van der Waals surface area contributed by atoms with Crippen LogP contribution in [-0.2, 0) is 0 Å². The highest BCUT2D eigenvalue weighted by atomic mass is 16.7. The molecule has 1 aromatic carbocycles. The lowest BCUT2D eigenvalue weighted by Crippen LogP contribution is -2.10. The van der Waals surface area contributed by atoms with Crippen LogP contribution >= 0.6 is 0 Å². The lowest BCUT2D eigenvalue weighted by atomic mass is 10.1. The van der Waals surface area contributed by atoms with Gasteiger partial charge in [-0.1, -0.05) is 0 Å². The van der Waals surface area contributed by atoms with Gasteiger partial charge in [-0.05, 0) is 18.2 Å². The van der Waals surface area contributed by atoms with Crippen molar-refractivity contribution in [1.29, 1.82) is 0 Å². The summed E-state index contributed by atoms with van der Waals surface area (Å²) in [6, 6.07) is 5.04. The summed E-state index contributed by atoms with van der Waals surface area (Å²) in [6.07, 6.45) is 1.68. The molecule has 0 aliphatic heterocycles. The van der Waals surface area contributed by atoms with Crippen LogP contribution in [0.25, 0.3) is 10.9 Å². The van der Waals surface area contributed by atoms with E-state index in [4.69, 9.17) is 10.6 Å². The molecule has 1 aromatic heterocycles. The van der Waals surface area contributed by atoms with Crippen LogP contribution in [0.1, 0.15) is 10.4 Å². The molecule has 0 saturated heterocycles. The highest BCUT2D eigenvalue weighted by Crippen LogP contribution is 2.13. The molecule has 0 aliphatic rings. The minimum Gasteiger partial charge on any atom is -0.400 e. The number of amides is 1. The minimum atomic E-state index is -0.447. The number of nitrogens with two attached hydrogens (primary N) is 1. The zero-order valence-corrected chi connectivity index (χ0v) is 7.60. The molecule has 0 saturated carbocycles. The van der Waals surface area contributed by atoms with Gasteiger partial charge in [-0.3, -0.25) is 4.79 Å². The zero-order valence-electron chi connectivity index (χ0n) is 7.60. The largest absolute Gasteiger partial charge is 0.400 e. The van der Waals surface area contributed by atoms with Crippen molar-refractivity contribution in [2.45, 2.75) is 0 Å². The Morgan fingerprint density at radius 3 is 3.00 bits per heavy atom. The normalized spacial score (nSPS) is 10.4. The van der Waals surface area contributed by atoms with Crippen molar-refractivity contribution in [2.75, 3.05) is 7.11 Å². The van der Waals surface area contributed by atoms with Gasteiger partial charge in [0.05, 0.1) is 11.7 Å². The van der Waals surface area contributed by atoms with Crippen molar-refractivity contribution in [3.05, 3.63) is 30.0 Å². The average molecular weight is 191 g/mol. The lowest BCUT2D eigenvalue weighted by Gasteiger charge is -1.92. The first-order valence-corrected chi connectivity index (χ1v) is 4.04. The van der Waals surface area contributed by atoms with Gasteiger partial charge < -0.3 is 10.6 Å².